The van der Waals surface area contributed by atoms with Crippen LogP contribution in [0.2, 0.25) is 0 Å². The summed E-state index contributed by atoms with van der Waals surface area (Å²) in [6, 6.07) is 9.97. The Morgan fingerprint density at radius 2 is 2.08 bits per heavy atom. The summed E-state index contributed by atoms with van der Waals surface area (Å²) < 4.78 is 24.3. The maximum atomic E-state index is 13.0. The smallest absolute Gasteiger partial charge is 0.289 e. The van der Waals surface area contributed by atoms with Gasteiger partial charge in [0.05, 0.1) is 18.5 Å². The lowest BCUT2D eigenvalue weighted by molar-refractivity contribution is -0.0218. The molecule has 1 fully saturated rings. The molecule has 1 amide bonds. The minimum Gasteiger partial charge on any atom is -0.455 e. The van der Waals surface area contributed by atoms with E-state index in [1.807, 2.05) is 12.3 Å². The molecule has 0 saturated carbocycles. The van der Waals surface area contributed by atoms with Crippen molar-refractivity contribution >= 4 is 17.7 Å². The van der Waals surface area contributed by atoms with Crippen molar-refractivity contribution in [3.8, 4) is 0 Å². The lowest BCUT2D eigenvalue weighted by atomic mass is 10.1. The van der Waals surface area contributed by atoms with Crippen LogP contribution in [0.25, 0.3) is 0 Å². The second-order valence-electron chi connectivity index (χ2n) is 5.77. The first-order valence-electron chi connectivity index (χ1n) is 7.88. The number of carbonyl (C=O) groups excluding carboxylic acids is 1. The van der Waals surface area contributed by atoms with Gasteiger partial charge >= 0.3 is 0 Å². The predicted octanol–water partition coefficient (Wildman–Crippen LogP) is 3.37. The molecule has 24 heavy (non-hydrogen) atoms. The van der Waals surface area contributed by atoms with Crippen LogP contribution < -0.4 is 0 Å². The number of carbonyl (C=O) groups is 1. The van der Waals surface area contributed by atoms with E-state index in [0.29, 0.717) is 31.9 Å². The molecular weight excluding hydrogens is 329 g/mol. The number of rotatable bonds is 5. The van der Waals surface area contributed by atoms with Crippen LogP contribution in [0.15, 0.2) is 40.8 Å². The van der Waals surface area contributed by atoms with Crippen molar-refractivity contribution in [2.45, 2.75) is 18.3 Å². The highest BCUT2D eigenvalue weighted by atomic mass is 32.2. The maximum absolute atomic E-state index is 13.0. The Kier molecular flexibility index (Phi) is 5.58. The van der Waals surface area contributed by atoms with Gasteiger partial charge in [0.25, 0.3) is 5.91 Å². The number of benzene rings is 1. The summed E-state index contributed by atoms with van der Waals surface area (Å²) in [5.74, 6) is 1.58. The van der Waals surface area contributed by atoms with Crippen molar-refractivity contribution in [1.82, 2.24) is 4.90 Å². The van der Waals surface area contributed by atoms with Crippen LogP contribution in [0.5, 0.6) is 0 Å². The van der Waals surface area contributed by atoms with Crippen LogP contribution in [0, 0.1) is 5.82 Å². The first-order chi connectivity index (χ1) is 11.7. The molecule has 1 aromatic carbocycles. The van der Waals surface area contributed by atoms with Crippen molar-refractivity contribution < 1.29 is 18.3 Å². The zero-order valence-electron chi connectivity index (χ0n) is 13.5. The van der Waals surface area contributed by atoms with Gasteiger partial charge in [0, 0.05) is 19.5 Å². The van der Waals surface area contributed by atoms with Gasteiger partial charge in [-0.15, -0.1) is 0 Å². The maximum Gasteiger partial charge on any atom is 0.289 e. The lowest BCUT2D eigenvalue weighted by Crippen LogP contribution is -2.46. The molecule has 2 heterocycles. The van der Waals surface area contributed by atoms with Crippen LogP contribution in [0.4, 0.5) is 4.39 Å². The molecule has 2 aromatic rings. The molecule has 4 nitrogen and oxygen atoms in total. The van der Waals surface area contributed by atoms with E-state index in [1.165, 1.54) is 12.1 Å². The fourth-order valence-electron chi connectivity index (χ4n) is 2.78. The summed E-state index contributed by atoms with van der Waals surface area (Å²) >= 11 is 1.65. The van der Waals surface area contributed by atoms with Gasteiger partial charge in [-0.2, -0.15) is 11.8 Å². The van der Waals surface area contributed by atoms with Crippen molar-refractivity contribution in [3.63, 3.8) is 0 Å². The molecular formula is C18H20FNO3S. The lowest BCUT2D eigenvalue weighted by Gasteiger charge is -2.32. The van der Waals surface area contributed by atoms with Crippen LogP contribution in [-0.4, -0.2) is 42.9 Å². The van der Waals surface area contributed by atoms with E-state index >= 15 is 0 Å². The number of thioether (sulfide) groups is 1. The van der Waals surface area contributed by atoms with Gasteiger partial charge < -0.3 is 14.1 Å². The third-order valence-corrected chi connectivity index (χ3v) is 4.53. The quantitative estimate of drug-likeness (QED) is 0.830. The number of ether oxygens (including phenoxy) is 1. The zero-order valence-corrected chi connectivity index (χ0v) is 14.4. The number of amides is 1. The van der Waals surface area contributed by atoms with Crippen molar-refractivity contribution in [2.24, 2.45) is 0 Å². The second-order valence-corrected chi connectivity index (χ2v) is 6.64. The number of morpholine rings is 1. The Morgan fingerprint density at radius 1 is 1.29 bits per heavy atom. The topological polar surface area (TPSA) is 42.7 Å². The molecule has 6 heteroatoms. The second kappa shape index (κ2) is 7.85. The molecule has 3 rings (SSSR count). The van der Waals surface area contributed by atoms with Crippen molar-refractivity contribution in [2.75, 3.05) is 26.0 Å². The summed E-state index contributed by atoms with van der Waals surface area (Å²) in [4.78, 5) is 14.3. The van der Waals surface area contributed by atoms with Gasteiger partial charge in [0.2, 0.25) is 0 Å². The Bertz CT molecular complexity index is 686. The van der Waals surface area contributed by atoms with Gasteiger partial charge in [-0.1, -0.05) is 12.1 Å². The number of hydrogen-bond acceptors (Lipinski definition) is 4. The largest absolute Gasteiger partial charge is 0.455 e. The normalized spacial score (nSPS) is 17.9. The molecule has 1 aliphatic rings. The van der Waals surface area contributed by atoms with Gasteiger partial charge in [-0.3, -0.25) is 4.79 Å². The molecule has 1 aliphatic heterocycles. The SMILES string of the molecule is CSCc1ccc(C(=O)N2CCOC(Cc3ccc(F)cc3)C2)o1. The Hall–Kier alpha value is -1.79. The summed E-state index contributed by atoms with van der Waals surface area (Å²) in [5, 5.41) is 0. The molecule has 0 radical (unpaired) electrons. The fraction of sp³-hybridized carbons (Fsp3) is 0.389. The highest BCUT2D eigenvalue weighted by molar-refractivity contribution is 7.97. The van der Waals surface area contributed by atoms with Gasteiger partial charge in [0.15, 0.2) is 5.76 Å². The first-order valence-corrected chi connectivity index (χ1v) is 9.28. The van der Waals surface area contributed by atoms with Crippen LogP contribution in [-0.2, 0) is 16.9 Å². The summed E-state index contributed by atoms with van der Waals surface area (Å²) in [7, 11) is 0. The third-order valence-electron chi connectivity index (χ3n) is 3.96. The Morgan fingerprint density at radius 3 is 2.83 bits per heavy atom. The van der Waals surface area contributed by atoms with Crippen LogP contribution >= 0.6 is 11.8 Å². The van der Waals surface area contributed by atoms with E-state index in [1.54, 1.807) is 34.9 Å². The minimum atomic E-state index is -0.251. The molecule has 0 aliphatic carbocycles. The average Bonchev–Trinajstić information content (AvgIpc) is 3.06. The number of nitrogens with zero attached hydrogens (tertiary/aromatic N) is 1. The van der Waals surface area contributed by atoms with Crippen molar-refractivity contribution in [1.29, 1.82) is 0 Å². The molecule has 1 aromatic heterocycles. The number of halogens is 1. The molecule has 0 N–H and O–H groups in total. The highest BCUT2D eigenvalue weighted by Gasteiger charge is 2.27. The third kappa shape index (κ3) is 4.19. The molecule has 1 atom stereocenters. The van der Waals surface area contributed by atoms with Crippen LogP contribution in [0.3, 0.4) is 0 Å². The van der Waals surface area contributed by atoms with E-state index < -0.39 is 0 Å². The monoisotopic (exact) mass is 349 g/mol. The van der Waals surface area contributed by atoms with E-state index in [4.69, 9.17) is 9.15 Å². The average molecular weight is 349 g/mol. The minimum absolute atomic E-state index is 0.0891. The summed E-state index contributed by atoms with van der Waals surface area (Å²) in [5.41, 5.74) is 0.996. The number of hydrogen-bond donors (Lipinski definition) is 0. The Balaban J connectivity index is 1.61. The van der Waals surface area contributed by atoms with E-state index in [-0.39, 0.29) is 17.8 Å². The van der Waals surface area contributed by atoms with Gasteiger partial charge in [-0.05, 0) is 36.1 Å². The summed E-state index contributed by atoms with van der Waals surface area (Å²) in [6.07, 6.45) is 2.56. The van der Waals surface area contributed by atoms with E-state index in [0.717, 1.165) is 17.1 Å². The highest BCUT2D eigenvalue weighted by Crippen LogP contribution is 2.18. The fourth-order valence-corrected chi connectivity index (χ4v) is 3.22. The van der Waals surface area contributed by atoms with Gasteiger partial charge in [0.1, 0.15) is 11.6 Å². The molecule has 1 saturated heterocycles. The summed E-state index contributed by atoms with van der Waals surface area (Å²) in [6.45, 7) is 1.56. The molecule has 0 spiro atoms. The molecule has 1 unspecified atom stereocenters. The van der Waals surface area contributed by atoms with E-state index in [2.05, 4.69) is 0 Å². The predicted molar refractivity (Wildman–Crippen MR) is 91.7 cm³/mol. The number of furan rings is 1. The van der Waals surface area contributed by atoms with Crippen molar-refractivity contribution in [3.05, 3.63) is 59.3 Å². The molecule has 128 valence electrons. The van der Waals surface area contributed by atoms with Crippen LogP contribution in [0.1, 0.15) is 21.9 Å². The molecule has 0 bridgehead atoms. The Labute approximate surface area is 145 Å². The first kappa shape index (κ1) is 17.0. The van der Waals surface area contributed by atoms with Gasteiger partial charge in [-0.25, -0.2) is 4.39 Å². The zero-order chi connectivity index (χ0) is 16.9. The standard InChI is InChI=1S/C18H20FNO3S/c1-24-12-15-6-7-17(23-15)18(21)20-8-9-22-16(11-20)10-13-2-4-14(19)5-3-13/h2-7,16H,8-12H2,1H3. The van der Waals surface area contributed by atoms with E-state index in [9.17, 15) is 9.18 Å².